The molecule has 106 valence electrons. The summed E-state index contributed by atoms with van der Waals surface area (Å²) < 4.78 is 16.1. The van der Waals surface area contributed by atoms with Crippen molar-refractivity contribution in [1.29, 1.82) is 0 Å². The minimum Gasteiger partial charge on any atom is -0.490 e. The van der Waals surface area contributed by atoms with Crippen molar-refractivity contribution in [3.05, 3.63) is 23.8 Å². The molecule has 0 bridgehead atoms. The molecule has 1 rings (SSSR count). The van der Waals surface area contributed by atoms with E-state index in [1.54, 1.807) is 18.2 Å². The molecule has 19 heavy (non-hydrogen) atoms. The molecule has 0 aliphatic rings. The van der Waals surface area contributed by atoms with E-state index in [1.165, 1.54) is 0 Å². The van der Waals surface area contributed by atoms with Crippen molar-refractivity contribution in [3.63, 3.8) is 0 Å². The van der Waals surface area contributed by atoms with Gasteiger partial charge in [-0.25, -0.2) is 0 Å². The van der Waals surface area contributed by atoms with Crippen LogP contribution in [0.15, 0.2) is 18.2 Å². The third kappa shape index (κ3) is 4.91. The van der Waals surface area contributed by atoms with E-state index in [-0.39, 0.29) is 5.78 Å². The van der Waals surface area contributed by atoms with E-state index in [2.05, 4.69) is 0 Å². The quantitative estimate of drug-likeness (QED) is 0.509. The Labute approximate surface area is 114 Å². The number of rotatable bonds is 9. The lowest BCUT2D eigenvalue weighted by molar-refractivity contribution is 0.0895. The average Bonchev–Trinajstić information content (AvgIpc) is 2.41. The molecule has 1 aromatic rings. The van der Waals surface area contributed by atoms with E-state index in [0.717, 1.165) is 0 Å². The molecule has 0 amide bonds. The maximum absolute atomic E-state index is 12.0. The largest absolute Gasteiger partial charge is 0.490 e. The van der Waals surface area contributed by atoms with Crippen LogP contribution in [0.25, 0.3) is 0 Å². The SMILES string of the molecule is CCOCCC(=O)c1ccc(OCC)c(OCC)c1. The highest BCUT2D eigenvalue weighted by atomic mass is 16.5. The summed E-state index contributed by atoms with van der Waals surface area (Å²) in [4.78, 5) is 12.0. The lowest BCUT2D eigenvalue weighted by Gasteiger charge is -2.12. The van der Waals surface area contributed by atoms with Gasteiger partial charge in [0.15, 0.2) is 17.3 Å². The van der Waals surface area contributed by atoms with Gasteiger partial charge in [0, 0.05) is 18.6 Å². The number of hydrogen-bond acceptors (Lipinski definition) is 4. The molecule has 0 saturated carbocycles. The van der Waals surface area contributed by atoms with Gasteiger partial charge in [-0.1, -0.05) is 0 Å². The number of carbonyl (C=O) groups is 1. The number of ether oxygens (including phenoxy) is 3. The topological polar surface area (TPSA) is 44.8 Å². The van der Waals surface area contributed by atoms with Gasteiger partial charge in [0.25, 0.3) is 0 Å². The van der Waals surface area contributed by atoms with Crippen LogP contribution in [-0.4, -0.2) is 32.2 Å². The predicted molar refractivity (Wildman–Crippen MR) is 74.2 cm³/mol. The van der Waals surface area contributed by atoms with Crippen molar-refractivity contribution in [2.45, 2.75) is 27.2 Å². The second-order valence-corrected chi connectivity index (χ2v) is 3.90. The molecule has 0 aliphatic heterocycles. The maximum Gasteiger partial charge on any atom is 0.165 e. The Kier molecular flexibility index (Phi) is 6.97. The smallest absolute Gasteiger partial charge is 0.165 e. The van der Waals surface area contributed by atoms with Gasteiger partial charge in [-0.3, -0.25) is 4.79 Å². The number of ketones is 1. The van der Waals surface area contributed by atoms with E-state index in [0.29, 0.717) is 49.9 Å². The van der Waals surface area contributed by atoms with Crippen LogP contribution in [0.2, 0.25) is 0 Å². The van der Waals surface area contributed by atoms with Gasteiger partial charge in [-0.15, -0.1) is 0 Å². The maximum atomic E-state index is 12.0. The normalized spacial score (nSPS) is 10.3. The molecule has 4 heteroatoms. The zero-order valence-electron chi connectivity index (χ0n) is 11.9. The van der Waals surface area contributed by atoms with E-state index in [1.807, 2.05) is 20.8 Å². The molecule has 0 fully saturated rings. The fraction of sp³-hybridized carbons (Fsp3) is 0.533. The van der Waals surface area contributed by atoms with E-state index < -0.39 is 0 Å². The lowest BCUT2D eigenvalue weighted by atomic mass is 10.1. The summed E-state index contributed by atoms with van der Waals surface area (Å²) in [7, 11) is 0. The van der Waals surface area contributed by atoms with E-state index in [9.17, 15) is 4.79 Å². The molecule has 0 saturated heterocycles. The van der Waals surface area contributed by atoms with E-state index in [4.69, 9.17) is 14.2 Å². The summed E-state index contributed by atoms with van der Waals surface area (Å²) in [6.07, 6.45) is 0.382. The first-order chi connectivity index (χ1) is 9.22. The summed E-state index contributed by atoms with van der Waals surface area (Å²) in [6, 6.07) is 5.28. The number of hydrogen-bond donors (Lipinski definition) is 0. The fourth-order valence-electron chi connectivity index (χ4n) is 1.68. The Morgan fingerprint density at radius 1 is 1.00 bits per heavy atom. The fourth-order valence-corrected chi connectivity index (χ4v) is 1.68. The molecule has 0 radical (unpaired) electrons. The average molecular weight is 266 g/mol. The molecule has 4 nitrogen and oxygen atoms in total. The zero-order valence-corrected chi connectivity index (χ0v) is 11.9. The van der Waals surface area contributed by atoms with Crippen LogP contribution in [-0.2, 0) is 4.74 Å². The van der Waals surface area contributed by atoms with Crippen molar-refractivity contribution >= 4 is 5.78 Å². The first-order valence-corrected chi connectivity index (χ1v) is 6.73. The van der Waals surface area contributed by atoms with Crippen LogP contribution in [0.3, 0.4) is 0 Å². The third-order valence-electron chi connectivity index (χ3n) is 2.54. The van der Waals surface area contributed by atoms with Gasteiger partial charge >= 0.3 is 0 Å². The Morgan fingerprint density at radius 3 is 2.32 bits per heavy atom. The van der Waals surface area contributed by atoms with Gasteiger partial charge in [0.1, 0.15) is 0 Å². The van der Waals surface area contributed by atoms with Crippen molar-refractivity contribution in [3.8, 4) is 11.5 Å². The van der Waals surface area contributed by atoms with Crippen LogP contribution in [0, 0.1) is 0 Å². The highest BCUT2D eigenvalue weighted by Crippen LogP contribution is 2.28. The monoisotopic (exact) mass is 266 g/mol. The van der Waals surface area contributed by atoms with Crippen molar-refractivity contribution in [2.75, 3.05) is 26.4 Å². The van der Waals surface area contributed by atoms with Crippen LogP contribution in [0.4, 0.5) is 0 Å². The summed E-state index contributed by atoms with van der Waals surface area (Å²) in [5, 5.41) is 0. The van der Waals surface area contributed by atoms with Crippen LogP contribution < -0.4 is 9.47 Å². The molecule has 0 N–H and O–H groups in total. The van der Waals surface area contributed by atoms with Crippen molar-refractivity contribution in [2.24, 2.45) is 0 Å². The Bertz CT molecular complexity index is 401. The second-order valence-electron chi connectivity index (χ2n) is 3.90. The number of Topliss-reactive ketones (excluding diaryl/α,β-unsaturated/α-hetero) is 1. The molecule has 1 aromatic carbocycles. The number of carbonyl (C=O) groups excluding carboxylic acids is 1. The molecular weight excluding hydrogens is 244 g/mol. The first kappa shape index (κ1) is 15.5. The third-order valence-corrected chi connectivity index (χ3v) is 2.54. The van der Waals surface area contributed by atoms with Gasteiger partial charge in [0.2, 0.25) is 0 Å². The Hall–Kier alpha value is -1.55. The standard InChI is InChI=1S/C15H22O4/c1-4-17-10-9-13(16)12-7-8-14(18-5-2)15(11-12)19-6-3/h7-8,11H,4-6,9-10H2,1-3H3. The van der Waals surface area contributed by atoms with E-state index >= 15 is 0 Å². The molecule has 0 spiro atoms. The summed E-state index contributed by atoms with van der Waals surface area (Å²) in [5.41, 5.74) is 0.631. The van der Waals surface area contributed by atoms with Gasteiger partial charge in [-0.2, -0.15) is 0 Å². The van der Waals surface area contributed by atoms with Crippen LogP contribution in [0.5, 0.6) is 11.5 Å². The lowest BCUT2D eigenvalue weighted by Crippen LogP contribution is -2.06. The highest BCUT2D eigenvalue weighted by Gasteiger charge is 2.11. The van der Waals surface area contributed by atoms with Crippen molar-refractivity contribution in [1.82, 2.24) is 0 Å². The first-order valence-electron chi connectivity index (χ1n) is 6.73. The van der Waals surface area contributed by atoms with Crippen LogP contribution >= 0.6 is 0 Å². The minimum atomic E-state index is 0.0532. The Balaban J connectivity index is 2.78. The number of benzene rings is 1. The highest BCUT2D eigenvalue weighted by molar-refractivity contribution is 5.96. The molecule has 0 heterocycles. The second kappa shape index (κ2) is 8.53. The summed E-state index contributed by atoms with van der Waals surface area (Å²) in [6.45, 7) is 7.91. The zero-order chi connectivity index (χ0) is 14.1. The van der Waals surface area contributed by atoms with Gasteiger partial charge < -0.3 is 14.2 Å². The summed E-state index contributed by atoms with van der Waals surface area (Å²) >= 11 is 0. The summed E-state index contributed by atoms with van der Waals surface area (Å²) in [5.74, 6) is 1.34. The molecular formula is C15H22O4. The minimum absolute atomic E-state index is 0.0532. The molecule has 0 unspecified atom stereocenters. The predicted octanol–water partition coefficient (Wildman–Crippen LogP) is 3.09. The van der Waals surface area contributed by atoms with Gasteiger partial charge in [0.05, 0.1) is 19.8 Å². The van der Waals surface area contributed by atoms with Gasteiger partial charge in [-0.05, 0) is 39.0 Å². The molecule has 0 aromatic heterocycles. The molecule has 0 atom stereocenters. The Morgan fingerprint density at radius 2 is 1.68 bits per heavy atom. The van der Waals surface area contributed by atoms with Crippen molar-refractivity contribution < 1.29 is 19.0 Å². The van der Waals surface area contributed by atoms with Crippen LogP contribution in [0.1, 0.15) is 37.6 Å². The molecule has 0 aliphatic carbocycles.